The molecule has 0 radical (unpaired) electrons. The maximum Gasteiger partial charge on any atom is 0.169 e. The number of ether oxygens (including phenoxy) is 2. The average molecular weight is 315 g/mol. The molecular formula is C15H13Cl2FO2. The van der Waals surface area contributed by atoms with E-state index in [0.29, 0.717) is 45.9 Å². The first-order chi connectivity index (χ1) is 9.58. The lowest BCUT2D eigenvalue weighted by atomic mass is 10.0. The second-order valence-electron chi connectivity index (χ2n) is 4.04. The molecule has 0 N–H and O–H groups in total. The summed E-state index contributed by atoms with van der Waals surface area (Å²) in [5, 5.41) is 0.701. The number of hydrogen-bond acceptors (Lipinski definition) is 2. The maximum atomic E-state index is 13.8. The van der Waals surface area contributed by atoms with Crippen LogP contribution in [0, 0.1) is 5.82 Å². The van der Waals surface area contributed by atoms with Gasteiger partial charge in [0.1, 0.15) is 19.0 Å². The van der Waals surface area contributed by atoms with E-state index in [9.17, 15) is 4.39 Å². The quantitative estimate of drug-likeness (QED) is 0.741. The standard InChI is InChI=1S/C15H13Cl2FO2/c1-3-11(16)14(12(17)4-2)10-7-9(18)8-13-15(10)20-6-5-19-13/h3-4,7-8H,1,5-6H2,2H3/b12-4+,14-11+. The number of benzene rings is 1. The van der Waals surface area contributed by atoms with E-state index in [2.05, 4.69) is 6.58 Å². The summed E-state index contributed by atoms with van der Waals surface area (Å²) in [7, 11) is 0. The Labute approximate surface area is 127 Å². The molecule has 0 saturated heterocycles. The summed E-state index contributed by atoms with van der Waals surface area (Å²) < 4.78 is 24.7. The van der Waals surface area contributed by atoms with Gasteiger partial charge in [0.2, 0.25) is 0 Å². The maximum absolute atomic E-state index is 13.8. The Bertz CT molecular complexity index is 606. The third kappa shape index (κ3) is 2.84. The largest absolute Gasteiger partial charge is 0.486 e. The Hall–Kier alpha value is -1.45. The Balaban J connectivity index is 2.72. The van der Waals surface area contributed by atoms with Gasteiger partial charge in [-0.15, -0.1) is 0 Å². The van der Waals surface area contributed by atoms with E-state index in [0.717, 1.165) is 0 Å². The molecule has 0 unspecified atom stereocenters. The molecule has 5 heteroatoms. The first kappa shape index (κ1) is 14.9. The van der Waals surface area contributed by atoms with Crippen molar-refractivity contribution >= 4 is 28.8 Å². The lowest BCUT2D eigenvalue weighted by Gasteiger charge is -2.22. The summed E-state index contributed by atoms with van der Waals surface area (Å²) in [5.74, 6) is 0.335. The first-order valence-electron chi connectivity index (χ1n) is 6.02. The Morgan fingerprint density at radius 2 is 2.00 bits per heavy atom. The van der Waals surface area contributed by atoms with Gasteiger partial charge in [-0.05, 0) is 13.0 Å². The minimum Gasteiger partial charge on any atom is -0.486 e. The fraction of sp³-hybridized carbons (Fsp3) is 0.200. The highest BCUT2D eigenvalue weighted by atomic mass is 35.5. The molecule has 1 aliphatic rings. The van der Waals surface area contributed by atoms with Gasteiger partial charge >= 0.3 is 0 Å². The normalized spacial score (nSPS) is 15.7. The smallest absolute Gasteiger partial charge is 0.169 e. The van der Waals surface area contributed by atoms with Crippen LogP contribution in [0.25, 0.3) is 5.57 Å². The van der Waals surface area contributed by atoms with Gasteiger partial charge in [-0.2, -0.15) is 0 Å². The van der Waals surface area contributed by atoms with Gasteiger partial charge in [0.25, 0.3) is 0 Å². The van der Waals surface area contributed by atoms with Crippen LogP contribution in [-0.2, 0) is 0 Å². The molecule has 0 saturated carbocycles. The molecule has 1 heterocycles. The summed E-state index contributed by atoms with van der Waals surface area (Å²) >= 11 is 12.3. The van der Waals surface area contributed by atoms with Crippen molar-refractivity contribution in [3.8, 4) is 11.5 Å². The molecule has 0 aliphatic carbocycles. The molecule has 0 bridgehead atoms. The molecule has 0 spiro atoms. The van der Waals surface area contributed by atoms with Crippen LogP contribution in [0.2, 0.25) is 0 Å². The van der Waals surface area contributed by atoms with Crippen molar-refractivity contribution in [3.63, 3.8) is 0 Å². The SMILES string of the molecule is C=C/C(Cl)=C(\C(Cl)=C/C)c1cc(F)cc2c1OCCO2. The van der Waals surface area contributed by atoms with E-state index in [1.165, 1.54) is 18.2 Å². The van der Waals surface area contributed by atoms with Crippen LogP contribution in [0.1, 0.15) is 12.5 Å². The van der Waals surface area contributed by atoms with E-state index >= 15 is 0 Å². The van der Waals surface area contributed by atoms with E-state index in [4.69, 9.17) is 32.7 Å². The van der Waals surface area contributed by atoms with E-state index in [-0.39, 0.29) is 0 Å². The molecule has 0 atom stereocenters. The van der Waals surface area contributed by atoms with E-state index in [1.54, 1.807) is 13.0 Å². The van der Waals surface area contributed by atoms with Gasteiger partial charge in [-0.3, -0.25) is 0 Å². The zero-order valence-electron chi connectivity index (χ0n) is 10.9. The minimum absolute atomic E-state index is 0.315. The Morgan fingerprint density at radius 3 is 2.65 bits per heavy atom. The van der Waals surface area contributed by atoms with Crippen LogP contribution in [0.3, 0.4) is 0 Å². The predicted molar refractivity (Wildman–Crippen MR) is 80.0 cm³/mol. The lowest BCUT2D eigenvalue weighted by Crippen LogP contribution is -2.17. The summed E-state index contributed by atoms with van der Waals surface area (Å²) in [6.45, 7) is 6.14. The third-order valence-corrected chi connectivity index (χ3v) is 3.54. The van der Waals surface area contributed by atoms with Crippen molar-refractivity contribution in [2.75, 3.05) is 13.2 Å². The Morgan fingerprint density at radius 1 is 1.30 bits per heavy atom. The molecule has 1 aromatic carbocycles. The van der Waals surface area contributed by atoms with Crippen molar-refractivity contribution < 1.29 is 13.9 Å². The summed E-state index contributed by atoms with van der Waals surface area (Å²) in [4.78, 5) is 0. The van der Waals surface area contributed by atoms with Crippen LogP contribution >= 0.6 is 23.2 Å². The second kappa shape index (κ2) is 6.33. The third-order valence-electron chi connectivity index (χ3n) is 2.79. The number of rotatable bonds is 3. The van der Waals surface area contributed by atoms with Gasteiger partial charge in [-0.25, -0.2) is 4.39 Å². The van der Waals surface area contributed by atoms with E-state index in [1.807, 2.05) is 0 Å². The molecule has 1 aliphatic heterocycles. The summed E-state index contributed by atoms with van der Waals surface area (Å²) in [5.41, 5.74) is 0.916. The van der Waals surface area contributed by atoms with Gasteiger partial charge < -0.3 is 9.47 Å². The van der Waals surface area contributed by atoms with Crippen molar-refractivity contribution in [1.29, 1.82) is 0 Å². The minimum atomic E-state index is -0.448. The Kier molecular flexibility index (Phi) is 4.73. The van der Waals surface area contributed by atoms with Crippen molar-refractivity contribution in [2.24, 2.45) is 0 Å². The molecule has 0 amide bonds. The predicted octanol–water partition coefficient (Wildman–Crippen LogP) is 4.88. The number of hydrogen-bond donors (Lipinski definition) is 0. The number of fused-ring (bicyclic) bond motifs is 1. The highest BCUT2D eigenvalue weighted by Crippen LogP contribution is 2.43. The van der Waals surface area contributed by atoms with Crippen LogP contribution in [0.4, 0.5) is 4.39 Å². The summed E-state index contributed by atoms with van der Waals surface area (Å²) in [6, 6.07) is 2.60. The fourth-order valence-electron chi connectivity index (χ4n) is 1.92. The average Bonchev–Trinajstić information content (AvgIpc) is 2.46. The lowest BCUT2D eigenvalue weighted by molar-refractivity contribution is 0.170. The highest BCUT2D eigenvalue weighted by Gasteiger charge is 2.22. The van der Waals surface area contributed by atoms with Crippen LogP contribution < -0.4 is 9.47 Å². The highest BCUT2D eigenvalue weighted by molar-refractivity contribution is 6.42. The van der Waals surface area contributed by atoms with Gasteiger partial charge in [-0.1, -0.05) is 41.9 Å². The van der Waals surface area contributed by atoms with Gasteiger partial charge in [0, 0.05) is 27.3 Å². The monoisotopic (exact) mass is 314 g/mol. The molecule has 0 fully saturated rings. The second-order valence-corrected chi connectivity index (χ2v) is 4.86. The topological polar surface area (TPSA) is 18.5 Å². The zero-order chi connectivity index (χ0) is 14.7. The number of allylic oxidation sites excluding steroid dienone is 5. The van der Waals surface area contributed by atoms with Crippen molar-refractivity contribution in [2.45, 2.75) is 6.92 Å². The fourth-order valence-corrected chi connectivity index (χ4v) is 2.38. The molecule has 2 rings (SSSR count). The molecule has 2 nitrogen and oxygen atoms in total. The van der Waals surface area contributed by atoms with Gasteiger partial charge in [0.15, 0.2) is 11.5 Å². The first-order valence-corrected chi connectivity index (χ1v) is 6.78. The van der Waals surface area contributed by atoms with E-state index < -0.39 is 5.82 Å². The summed E-state index contributed by atoms with van der Waals surface area (Å²) in [6.07, 6.45) is 3.12. The van der Waals surface area contributed by atoms with Crippen LogP contribution in [0.5, 0.6) is 11.5 Å². The molecule has 20 heavy (non-hydrogen) atoms. The molecule has 106 valence electrons. The van der Waals surface area contributed by atoms with Crippen LogP contribution in [-0.4, -0.2) is 13.2 Å². The molecule has 1 aromatic rings. The molecule has 0 aromatic heterocycles. The zero-order valence-corrected chi connectivity index (χ0v) is 12.4. The number of halogens is 3. The van der Waals surface area contributed by atoms with Crippen molar-refractivity contribution in [1.82, 2.24) is 0 Å². The van der Waals surface area contributed by atoms with Crippen molar-refractivity contribution in [3.05, 3.63) is 52.3 Å². The van der Waals surface area contributed by atoms with Gasteiger partial charge in [0.05, 0.1) is 0 Å². The van der Waals surface area contributed by atoms with Crippen LogP contribution in [0.15, 0.2) is 40.9 Å². The molecular weight excluding hydrogens is 302 g/mol.